The topological polar surface area (TPSA) is 76.0 Å². The highest BCUT2D eigenvalue weighted by Crippen LogP contribution is 2.21. The Morgan fingerprint density at radius 1 is 1.15 bits per heavy atom. The Hall–Kier alpha value is -2.16. The van der Waals surface area contributed by atoms with Crippen LogP contribution in [0.15, 0.2) is 47.4 Å². The summed E-state index contributed by atoms with van der Waals surface area (Å²) in [6, 6.07) is 11.1. The zero-order valence-electron chi connectivity index (χ0n) is 14.0. The molecule has 0 aliphatic carbocycles. The molecule has 0 fully saturated rings. The molecule has 0 aliphatic rings. The summed E-state index contributed by atoms with van der Waals surface area (Å²) in [4.78, 5) is 4.29. The number of benzene rings is 2. The van der Waals surface area contributed by atoms with Crippen LogP contribution in [0.3, 0.4) is 0 Å². The molecular formula is C17H18ClFN4O2S. The maximum Gasteiger partial charge on any atom is 0.242 e. The van der Waals surface area contributed by atoms with Crippen molar-refractivity contribution in [3.8, 4) is 0 Å². The fraction of sp³-hybridized carbons (Fsp3) is 0.235. The molecule has 6 nitrogen and oxygen atoms in total. The van der Waals surface area contributed by atoms with E-state index < -0.39 is 10.0 Å². The van der Waals surface area contributed by atoms with Gasteiger partial charge in [0.05, 0.1) is 10.5 Å². The monoisotopic (exact) mass is 396 g/mol. The Bertz CT molecular complexity index is 1040. The first-order valence-corrected chi connectivity index (χ1v) is 9.85. The van der Waals surface area contributed by atoms with Crippen LogP contribution in [0.5, 0.6) is 0 Å². The van der Waals surface area contributed by atoms with Crippen LogP contribution in [-0.4, -0.2) is 31.1 Å². The average molecular weight is 397 g/mol. The number of para-hydroxylation sites is 1. The van der Waals surface area contributed by atoms with Crippen LogP contribution in [0.1, 0.15) is 6.42 Å². The number of nitrogens with one attached hydrogen (secondary N) is 2. The Morgan fingerprint density at radius 2 is 1.92 bits per heavy atom. The summed E-state index contributed by atoms with van der Waals surface area (Å²) in [6.07, 6.45) is 0.523. The number of aromatic nitrogens is 2. The molecular weight excluding hydrogens is 379 g/mol. The van der Waals surface area contributed by atoms with Crippen LogP contribution in [0.25, 0.3) is 11.0 Å². The lowest BCUT2D eigenvalue weighted by atomic mass is 10.3. The van der Waals surface area contributed by atoms with Gasteiger partial charge < -0.3 is 9.88 Å². The van der Waals surface area contributed by atoms with Crippen LogP contribution in [0, 0.1) is 5.82 Å². The number of sulfonamides is 1. The second-order valence-corrected chi connectivity index (χ2v) is 7.85. The zero-order valence-corrected chi connectivity index (χ0v) is 15.6. The largest absolute Gasteiger partial charge is 0.356 e. The summed E-state index contributed by atoms with van der Waals surface area (Å²) in [7, 11) is -1.86. The SMILES string of the molecule is Cn1c(NCCCNS(=O)(=O)c2ccccc2Cl)nc2c(F)cccc21. The molecule has 138 valence electrons. The van der Waals surface area contributed by atoms with E-state index in [0.717, 1.165) is 0 Å². The van der Waals surface area contributed by atoms with E-state index >= 15 is 0 Å². The van der Waals surface area contributed by atoms with E-state index in [2.05, 4.69) is 15.0 Å². The van der Waals surface area contributed by atoms with Gasteiger partial charge in [-0.25, -0.2) is 22.5 Å². The van der Waals surface area contributed by atoms with E-state index in [1.165, 1.54) is 18.2 Å². The highest BCUT2D eigenvalue weighted by Gasteiger charge is 2.16. The Labute approximate surface area is 156 Å². The van der Waals surface area contributed by atoms with Gasteiger partial charge in [-0.3, -0.25) is 0 Å². The predicted octanol–water partition coefficient (Wildman–Crippen LogP) is 3.15. The summed E-state index contributed by atoms with van der Waals surface area (Å²) in [5.41, 5.74) is 0.990. The summed E-state index contributed by atoms with van der Waals surface area (Å²) in [6.45, 7) is 0.711. The molecule has 0 amide bonds. The number of halogens is 2. The van der Waals surface area contributed by atoms with Gasteiger partial charge in [-0.05, 0) is 30.7 Å². The van der Waals surface area contributed by atoms with Crippen LogP contribution in [0.2, 0.25) is 5.02 Å². The number of hydrogen-bond acceptors (Lipinski definition) is 4. The lowest BCUT2D eigenvalue weighted by Gasteiger charge is -2.09. The maximum absolute atomic E-state index is 13.8. The Morgan fingerprint density at radius 3 is 2.65 bits per heavy atom. The van der Waals surface area contributed by atoms with Crippen molar-refractivity contribution >= 4 is 38.6 Å². The molecule has 26 heavy (non-hydrogen) atoms. The van der Waals surface area contributed by atoms with Gasteiger partial charge in [0.25, 0.3) is 0 Å². The van der Waals surface area contributed by atoms with Gasteiger partial charge in [0.1, 0.15) is 10.4 Å². The first-order valence-electron chi connectivity index (χ1n) is 7.99. The predicted molar refractivity (Wildman–Crippen MR) is 100 cm³/mol. The lowest BCUT2D eigenvalue weighted by Crippen LogP contribution is -2.26. The normalized spacial score (nSPS) is 11.8. The van der Waals surface area contributed by atoms with Crippen molar-refractivity contribution in [3.05, 3.63) is 53.3 Å². The minimum Gasteiger partial charge on any atom is -0.356 e. The number of hydrogen-bond donors (Lipinski definition) is 2. The first-order chi connectivity index (χ1) is 12.4. The molecule has 0 unspecified atom stereocenters. The summed E-state index contributed by atoms with van der Waals surface area (Å²) in [5.74, 6) is 0.151. The number of imidazole rings is 1. The maximum atomic E-state index is 13.8. The summed E-state index contributed by atoms with van der Waals surface area (Å²) < 4.78 is 42.5. The van der Waals surface area contributed by atoms with E-state index in [4.69, 9.17) is 11.6 Å². The molecule has 1 aromatic heterocycles. The third kappa shape index (κ3) is 3.82. The van der Waals surface area contributed by atoms with Gasteiger partial charge >= 0.3 is 0 Å². The van der Waals surface area contributed by atoms with Crippen molar-refractivity contribution < 1.29 is 12.8 Å². The number of rotatable bonds is 7. The van der Waals surface area contributed by atoms with E-state index in [1.807, 2.05) is 0 Å². The highest BCUT2D eigenvalue weighted by atomic mass is 35.5. The molecule has 0 saturated heterocycles. The number of aryl methyl sites for hydroxylation is 1. The molecule has 3 rings (SSSR count). The van der Waals surface area contributed by atoms with E-state index in [-0.39, 0.29) is 22.3 Å². The van der Waals surface area contributed by atoms with Gasteiger partial charge in [-0.15, -0.1) is 0 Å². The van der Waals surface area contributed by atoms with E-state index in [0.29, 0.717) is 29.9 Å². The molecule has 0 aliphatic heterocycles. The molecule has 2 N–H and O–H groups in total. The fourth-order valence-corrected chi connectivity index (χ4v) is 4.17. The number of anilines is 1. The van der Waals surface area contributed by atoms with Crippen LogP contribution >= 0.6 is 11.6 Å². The minimum absolute atomic E-state index is 0.0560. The number of nitrogens with zero attached hydrogens (tertiary/aromatic N) is 2. The summed E-state index contributed by atoms with van der Waals surface area (Å²) in [5, 5.41) is 3.27. The molecule has 3 aromatic rings. The highest BCUT2D eigenvalue weighted by molar-refractivity contribution is 7.89. The van der Waals surface area contributed by atoms with Gasteiger partial charge in [0, 0.05) is 20.1 Å². The molecule has 0 atom stereocenters. The van der Waals surface area contributed by atoms with Gasteiger partial charge in [0.2, 0.25) is 16.0 Å². The van der Waals surface area contributed by atoms with Crippen molar-refractivity contribution in [1.82, 2.24) is 14.3 Å². The van der Waals surface area contributed by atoms with Crippen molar-refractivity contribution in [2.24, 2.45) is 7.05 Å². The van der Waals surface area contributed by atoms with Gasteiger partial charge in [-0.1, -0.05) is 29.8 Å². The van der Waals surface area contributed by atoms with Crippen LogP contribution < -0.4 is 10.0 Å². The van der Waals surface area contributed by atoms with Gasteiger partial charge in [-0.2, -0.15) is 0 Å². The summed E-state index contributed by atoms with van der Waals surface area (Å²) >= 11 is 5.92. The van der Waals surface area contributed by atoms with Crippen molar-refractivity contribution in [2.45, 2.75) is 11.3 Å². The van der Waals surface area contributed by atoms with E-state index in [9.17, 15) is 12.8 Å². The average Bonchev–Trinajstić information content (AvgIpc) is 2.93. The van der Waals surface area contributed by atoms with Crippen molar-refractivity contribution in [2.75, 3.05) is 18.4 Å². The molecule has 2 aromatic carbocycles. The van der Waals surface area contributed by atoms with Crippen molar-refractivity contribution in [3.63, 3.8) is 0 Å². The molecule has 0 radical (unpaired) electrons. The van der Waals surface area contributed by atoms with Crippen LogP contribution in [-0.2, 0) is 17.1 Å². The molecule has 1 heterocycles. The molecule has 0 bridgehead atoms. The smallest absolute Gasteiger partial charge is 0.242 e. The van der Waals surface area contributed by atoms with Gasteiger partial charge in [0.15, 0.2) is 5.82 Å². The third-order valence-electron chi connectivity index (χ3n) is 3.92. The Kier molecular flexibility index (Phi) is 5.45. The Balaban J connectivity index is 1.56. The zero-order chi connectivity index (χ0) is 18.7. The second kappa shape index (κ2) is 7.61. The molecule has 9 heteroatoms. The quantitative estimate of drug-likeness (QED) is 0.601. The minimum atomic E-state index is -3.65. The third-order valence-corrected chi connectivity index (χ3v) is 5.88. The fourth-order valence-electron chi connectivity index (χ4n) is 2.57. The first kappa shape index (κ1) is 18.6. The van der Waals surface area contributed by atoms with Crippen molar-refractivity contribution in [1.29, 1.82) is 0 Å². The van der Waals surface area contributed by atoms with E-state index in [1.54, 1.807) is 35.9 Å². The second-order valence-electron chi connectivity index (χ2n) is 5.71. The molecule has 0 saturated carbocycles. The molecule has 0 spiro atoms. The lowest BCUT2D eigenvalue weighted by molar-refractivity contribution is 0.580. The standard InChI is InChI=1S/C17H18ClFN4O2S/c1-23-14-8-4-7-13(19)16(14)22-17(23)20-10-5-11-21-26(24,25)15-9-3-2-6-12(15)18/h2-4,6-9,21H,5,10-11H2,1H3,(H,20,22). The van der Waals surface area contributed by atoms with Crippen LogP contribution in [0.4, 0.5) is 10.3 Å². The number of fused-ring (bicyclic) bond motifs is 1.